The molecule has 0 spiro atoms. The number of anilines is 1. The number of hydrogen-bond acceptors (Lipinski definition) is 4. The van der Waals surface area contributed by atoms with E-state index >= 15 is 0 Å². The molecule has 5 rings (SSSR count). The Bertz CT molecular complexity index is 1300. The summed E-state index contributed by atoms with van der Waals surface area (Å²) in [6.07, 6.45) is 2.70. The molecule has 1 amide bonds. The van der Waals surface area contributed by atoms with E-state index in [9.17, 15) is 4.79 Å². The first kappa shape index (κ1) is 20.8. The number of nitrogens with zero attached hydrogens (tertiary/aromatic N) is 3. The van der Waals surface area contributed by atoms with Gasteiger partial charge in [-0.15, -0.1) is 0 Å². The molecule has 33 heavy (non-hydrogen) atoms. The molecule has 166 valence electrons. The van der Waals surface area contributed by atoms with E-state index < -0.39 is 0 Å². The molecule has 0 bridgehead atoms. The van der Waals surface area contributed by atoms with Gasteiger partial charge in [-0.2, -0.15) is 5.10 Å². The number of methoxy groups -OCH3 is 2. The Morgan fingerprint density at radius 3 is 2.48 bits per heavy atom. The molecule has 2 heterocycles. The van der Waals surface area contributed by atoms with E-state index in [0.717, 1.165) is 23.2 Å². The number of amides is 1. The number of carbonyl (C=O) groups excluding carboxylic acids is 1. The number of ether oxygens (including phenoxy) is 2. The second-order valence-electron chi connectivity index (χ2n) is 7.98. The number of carbonyl (C=O) groups is 1. The van der Waals surface area contributed by atoms with Gasteiger partial charge in [-0.3, -0.25) is 9.48 Å². The zero-order valence-electron chi connectivity index (χ0n) is 18.7. The van der Waals surface area contributed by atoms with E-state index in [1.165, 1.54) is 5.56 Å². The van der Waals surface area contributed by atoms with Gasteiger partial charge in [0.15, 0.2) is 11.5 Å². The summed E-state index contributed by atoms with van der Waals surface area (Å²) in [5, 5.41) is 4.83. The molecule has 0 fully saturated rings. The van der Waals surface area contributed by atoms with Crippen LogP contribution in [-0.4, -0.2) is 36.5 Å². The standard InChI is InChI=1S/C27H25N3O3/c1-32-24-13-12-21(16-25(24)33-2)26-22(18-29(28-26)17-19-8-4-3-5-9-19)27(31)30-15-14-20-10-6-7-11-23(20)30/h3-13,16,18H,14-15,17H2,1-2H3. The first-order valence-corrected chi connectivity index (χ1v) is 10.9. The number of para-hydroxylation sites is 1. The van der Waals surface area contributed by atoms with Crippen LogP contribution in [-0.2, 0) is 13.0 Å². The van der Waals surface area contributed by atoms with Crippen LogP contribution in [0.15, 0.2) is 79.0 Å². The normalized spacial score (nSPS) is 12.5. The Hall–Kier alpha value is -4.06. The number of fused-ring (bicyclic) bond motifs is 1. The van der Waals surface area contributed by atoms with Crippen molar-refractivity contribution in [3.8, 4) is 22.8 Å². The first-order valence-electron chi connectivity index (χ1n) is 10.9. The van der Waals surface area contributed by atoms with Crippen molar-refractivity contribution in [1.29, 1.82) is 0 Å². The minimum Gasteiger partial charge on any atom is -0.493 e. The van der Waals surface area contributed by atoms with Crippen molar-refractivity contribution < 1.29 is 14.3 Å². The molecule has 3 aromatic carbocycles. The fourth-order valence-electron chi connectivity index (χ4n) is 4.32. The van der Waals surface area contributed by atoms with E-state index in [-0.39, 0.29) is 5.91 Å². The summed E-state index contributed by atoms with van der Waals surface area (Å²) < 4.78 is 12.7. The molecule has 1 aliphatic rings. The lowest BCUT2D eigenvalue weighted by molar-refractivity contribution is 0.0990. The lowest BCUT2D eigenvalue weighted by atomic mass is 10.1. The van der Waals surface area contributed by atoms with Crippen molar-refractivity contribution in [2.45, 2.75) is 13.0 Å². The summed E-state index contributed by atoms with van der Waals surface area (Å²) in [5.74, 6) is 1.17. The lowest BCUT2D eigenvalue weighted by Crippen LogP contribution is -2.29. The minimum absolute atomic E-state index is 0.0518. The molecule has 6 heteroatoms. The van der Waals surface area contributed by atoms with Gasteiger partial charge in [-0.1, -0.05) is 48.5 Å². The SMILES string of the molecule is COc1ccc(-c2nn(Cc3ccccc3)cc2C(=O)N2CCc3ccccc32)cc1OC. The number of aromatic nitrogens is 2. The number of rotatable bonds is 6. The van der Waals surface area contributed by atoms with Crippen LogP contribution >= 0.6 is 0 Å². The van der Waals surface area contributed by atoms with Crippen molar-refractivity contribution in [2.75, 3.05) is 25.7 Å². The topological polar surface area (TPSA) is 56.6 Å². The molecule has 1 aromatic heterocycles. The Morgan fingerprint density at radius 1 is 0.939 bits per heavy atom. The fourth-order valence-corrected chi connectivity index (χ4v) is 4.32. The molecular formula is C27H25N3O3. The van der Waals surface area contributed by atoms with Crippen molar-refractivity contribution in [3.63, 3.8) is 0 Å². The third-order valence-electron chi connectivity index (χ3n) is 5.97. The first-order chi connectivity index (χ1) is 16.2. The maximum atomic E-state index is 13.8. The van der Waals surface area contributed by atoms with Crippen molar-refractivity contribution in [3.05, 3.63) is 95.7 Å². The summed E-state index contributed by atoms with van der Waals surface area (Å²) in [7, 11) is 3.20. The molecule has 0 atom stereocenters. The van der Waals surface area contributed by atoms with Crippen LogP contribution in [0.1, 0.15) is 21.5 Å². The van der Waals surface area contributed by atoms with Crippen molar-refractivity contribution >= 4 is 11.6 Å². The quantitative estimate of drug-likeness (QED) is 0.432. The highest BCUT2D eigenvalue weighted by molar-refractivity contribution is 6.10. The van der Waals surface area contributed by atoms with E-state index in [0.29, 0.717) is 35.8 Å². The molecule has 6 nitrogen and oxygen atoms in total. The van der Waals surface area contributed by atoms with Crippen molar-refractivity contribution in [1.82, 2.24) is 9.78 Å². The van der Waals surface area contributed by atoms with E-state index in [4.69, 9.17) is 14.6 Å². The summed E-state index contributed by atoms with van der Waals surface area (Å²) in [6, 6.07) is 23.8. The number of hydrogen-bond donors (Lipinski definition) is 0. The smallest absolute Gasteiger partial charge is 0.262 e. The average Bonchev–Trinajstić information content (AvgIpc) is 3.48. The predicted octanol–water partition coefficient (Wildman–Crippen LogP) is 4.82. The Labute approximate surface area is 193 Å². The molecule has 0 radical (unpaired) electrons. The Morgan fingerprint density at radius 2 is 1.70 bits per heavy atom. The zero-order valence-corrected chi connectivity index (χ0v) is 18.7. The monoisotopic (exact) mass is 439 g/mol. The molecule has 0 aliphatic carbocycles. The highest BCUT2D eigenvalue weighted by atomic mass is 16.5. The summed E-state index contributed by atoms with van der Waals surface area (Å²) >= 11 is 0. The molecule has 0 unspecified atom stereocenters. The lowest BCUT2D eigenvalue weighted by Gasteiger charge is -2.17. The summed E-state index contributed by atoms with van der Waals surface area (Å²) in [5.41, 5.74) is 5.27. The molecular weight excluding hydrogens is 414 g/mol. The number of benzene rings is 3. The second kappa shape index (κ2) is 8.82. The van der Waals surface area contributed by atoms with Gasteiger partial charge in [0.1, 0.15) is 5.69 Å². The third kappa shape index (κ3) is 3.96. The zero-order chi connectivity index (χ0) is 22.8. The van der Waals surface area contributed by atoms with Gasteiger partial charge in [-0.25, -0.2) is 0 Å². The Kier molecular flexibility index (Phi) is 5.57. The third-order valence-corrected chi connectivity index (χ3v) is 5.97. The summed E-state index contributed by atoms with van der Waals surface area (Å²) in [6.45, 7) is 1.23. The summed E-state index contributed by atoms with van der Waals surface area (Å²) in [4.78, 5) is 15.6. The van der Waals surface area contributed by atoms with Gasteiger partial charge in [0.05, 0.1) is 26.3 Å². The van der Waals surface area contributed by atoms with Crippen LogP contribution < -0.4 is 14.4 Å². The van der Waals surface area contributed by atoms with Gasteiger partial charge in [0.2, 0.25) is 0 Å². The van der Waals surface area contributed by atoms with Crippen LogP contribution in [0, 0.1) is 0 Å². The van der Waals surface area contributed by atoms with Crippen LogP contribution in [0.4, 0.5) is 5.69 Å². The predicted molar refractivity (Wildman–Crippen MR) is 128 cm³/mol. The highest BCUT2D eigenvalue weighted by Crippen LogP contribution is 2.35. The van der Waals surface area contributed by atoms with Crippen LogP contribution in [0.5, 0.6) is 11.5 Å². The van der Waals surface area contributed by atoms with Gasteiger partial charge in [-0.05, 0) is 41.8 Å². The molecule has 1 aliphatic heterocycles. The fraction of sp³-hybridized carbons (Fsp3) is 0.185. The molecule has 0 N–H and O–H groups in total. The largest absolute Gasteiger partial charge is 0.493 e. The van der Waals surface area contributed by atoms with Crippen molar-refractivity contribution in [2.24, 2.45) is 0 Å². The van der Waals surface area contributed by atoms with Crippen LogP contribution in [0.2, 0.25) is 0 Å². The maximum Gasteiger partial charge on any atom is 0.262 e. The minimum atomic E-state index is -0.0518. The molecule has 4 aromatic rings. The van der Waals surface area contributed by atoms with Crippen LogP contribution in [0.3, 0.4) is 0 Å². The maximum absolute atomic E-state index is 13.8. The van der Waals surface area contributed by atoms with Gasteiger partial charge >= 0.3 is 0 Å². The van der Waals surface area contributed by atoms with Crippen LogP contribution in [0.25, 0.3) is 11.3 Å². The molecule has 0 saturated heterocycles. The van der Waals surface area contributed by atoms with E-state index in [1.807, 2.05) is 70.4 Å². The van der Waals surface area contributed by atoms with Gasteiger partial charge in [0, 0.05) is 24.0 Å². The van der Waals surface area contributed by atoms with E-state index in [2.05, 4.69) is 18.2 Å². The molecule has 0 saturated carbocycles. The van der Waals surface area contributed by atoms with Gasteiger partial charge in [0.25, 0.3) is 5.91 Å². The second-order valence-corrected chi connectivity index (χ2v) is 7.98. The Balaban J connectivity index is 1.58. The van der Waals surface area contributed by atoms with E-state index in [1.54, 1.807) is 14.2 Å². The highest BCUT2D eigenvalue weighted by Gasteiger charge is 2.29. The average molecular weight is 440 g/mol. The van der Waals surface area contributed by atoms with Gasteiger partial charge < -0.3 is 14.4 Å².